The number of hydrogen-bond donors (Lipinski definition) is 1. The minimum absolute atomic E-state index is 0.203. The van der Waals surface area contributed by atoms with E-state index < -0.39 is 0 Å². The van der Waals surface area contributed by atoms with Gasteiger partial charge < -0.3 is 10.5 Å². The number of ether oxygens (including phenoxy) is 1. The third kappa shape index (κ3) is 3.77. The van der Waals surface area contributed by atoms with E-state index in [0.29, 0.717) is 40.7 Å². The second kappa shape index (κ2) is 7.57. The van der Waals surface area contributed by atoms with Crippen molar-refractivity contribution < 1.29 is 14.3 Å². The van der Waals surface area contributed by atoms with E-state index in [1.165, 1.54) is 4.90 Å². The highest BCUT2D eigenvalue weighted by molar-refractivity contribution is 6.32. The highest BCUT2D eigenvalue weighted by Gasteiger charge is 2.34. The molecular weight excluding hydrogens is 340 g/mol. The summed E-state index contributed by atoms with van der Waals surface area (Å²) in [7, 11) is 0. The van der Waals surface area contributed by atoms with E-state index in [-0.39, 0.29) is 11.8 Å². The van der Waals surface area contributed by atoms with Crippen molar-refractivity contribution in [3.63, 3.8) is 0 Å². The summed E-state index contributed by atoms with van der Waals surface area (Å²) in [6.07, 6.45) is 2.40. The molecule has 1 heterocycles. The van der Waals surface area contributed by atoms with Crippen molar-refractivity contribution in [2.75, 3.05) is 18.9 Å². The van der Waals surface area contributed by atoms with Gasteiger partial charge in [0.2, 0.25) is 0 Å². The number of rotatable bonds is 7. The number of fused-ring (bicyclic) bond motifs is 1. The number of nitrogens with zero attached hydrogens (tertiary/aromatic N) is 1. The summed E-state index contributed by atoms with van der Waals surface area (Å²) in [4.78, 5) is 25.8. The number of hydrogen-bond acceptors (Lipinski definition) is 4. The van der Waals surface area contributed by atoms with Gasteiger partial charge in [-0.25, -0.2) is 0 Å². The molecule has 2 aromatic carbocycles. The minimum atomic E-state index is -0.203. The Hall–Kier alpha value is -2.53. The first-order valence-corrected chi connectivity index (χ1v) is 8.59. The van der Waals surface area contributed by atoms with Gasteiger partial charge in [-0.15, -0.1) is 0 Å². The summed E-state index contributed by atoms with van der Waals surface area (Å²) in [5, 5.41) is 0.492. The Morgan fingerprint density at radius 3 is 2.28 bits per heavy atom. The fourth-order valence-corrected chi connectivity index (χ4v) is 3.05. The van der Waals surface area contributed by atoms with Crippen molar-refractivity contribution in [1.29, 1.82) is 0 Å². The van der Waals surface area contributed by atoms with E-state index in [1.54, 1.807) is 42.5 Å². The molecule has 3 rings (SSSR count). The molecule has 0 bridgehead atoms. The van der Waals surface area contributed by atoms with Gasteiger partial charge >= 0.3 is 0 Å². The maximum atomic E-state index is 12.2. The zero-order valence-corrected chi connectivity index (χ0v) is 14.5. The molecule has 0 aliphatic carbocycles. The molecule has 0 saturated heterocycles. The van der Waals surface area contributed by atoms with Crippen LogP contribution in [0.15, 0.2) is 42.5 Å². The molecular formula is C19H19ClN2O3. The van der Waals surface area contributed by atoms with Crippen LogP contribution < -0.4 is 10.5 Å². The van der Waals surface area contributed by atoms with Crippen LogP contribution in [-0.4, -0.2) is 29.9 Å². The maximum absolute atomic E-state index is 12.2. The van der Waals surface area contributed by atoms with E-state index in [2.05, 4.69) is 0 Å². The fourth-order valence-electron chi connectivity index (χ4n) is 2.81. The normalized spacial score (nSPS) is 13.2. The summed E-state index contributed by atoms with van der Waals surface area (Å²) in [6, 6.07) is 12.1. The zero-order chi connectivity index (χ0) is 17.8. The number of imide groups is 1. The average molecular weight is 359 g/mol. The summed E-state index contributed by atoms with van der Waals surface area (Å²) in [5.41, 5.74) is 7.22. The van der Waals surface area contributed by atoms with Crippen molar-refractivity contribution >= 4 is 29.1 Å². The lowest BCUT2D eigenvalue weighted by Crippen LogP contribution is -2.30. The standard InChI is InChI=1S/C19H19ClN2O3/c20-16-12-13(21)8-9-17(16)25-11-5-1-4-10-22-18(23)14-6-2-3-7-15(14)19(22)24/h2-3,6-9,12H,1,4-5,10-11,21H2. The van der Waals surface area contributed by atoms with Crippen LogP contribution in [0.5, 0.6) is 5.75 Å². The molecule has 0 atom stereocenters. The molecule has 2 aromatic rings. The van der Waals surface area contributed by atoms with E-state index >= 15 is 0 Å². The van der Waals surface area contributed by atoms with Gasteiger partial charge in [0.15, 0.2) is 0 Å². The molecule has 25 heavy (non-hydrogen) atoms. The predicted octanol–water partition coefficient (Wildman–Crippen LogP) is 3.77. The lowest BCUT2D eigenvalue weighted by Gasteiger charge is -2.13. The van der Waals surface area contributed by atoms with Gasteiger partial charge in [-0.1, -0.05) is 23.7 Å². The Bertz CT molecular complexity index is 772. The van der Waals surface area contributed by atoms with Gasteiger partial charge in [0.25, 0.3) is 11.8 Å². The molecule has 0 radical (unpaired) electrons. The number of anilines is 1. The number of amides is 2. The first-order chi connectivity index (χ1) is 12.1. The molecule has 1 aliphatic rings. The Kier molecular flexibility index (Phi) is 5.24. The Morgan fingerprint density at radius 2 is 1.64 bits per heavy atom. The largest absolute Gasteiger partial charge is 0.492 e. The molecule has 0 spiro atoms. The highest BCUT2D eigenvalue weighted by Crippen LogP contribution is 2.26. The second-order valence-corrected chi connectivity index (χ2v) is 6.31. The molecule has 130 valence electrons. The summed E-state index contributed by atoms with van der Waals surface area (Å²) in [6.45, 7) is 0.945. The molecule has 0 aromatic heterocycles. The first-order valence-electron chi connectivity index (χ1n) is 8.21. The van der Waals surface area contributed by atoms with Crippen LogP contribution in [0.25, 0.3) is 0 Å². The number of unbranched alkanes of at least 4 members (excludes halogenated alkanes) is 2. The quantitative estimate of drug-likeness (QED) is 0.464. The molecule has 5 nitrogen and oxygen atoms in total. The molecule has 6 heteroatoms. The van der Waals surface area contributed by atoms with Crippen LogP contribution in [0.1, 0.15) is 40.0 Å². The number of carbonyl (C=O) groups excluding carboxylic acids is 2. The van der Waals surface area contributed by atoms with Crippen LogP contribution >= 0.6 is 11.6 Å². The Labute approximate surface area is 151 Å². The zero-order valence-electron chi connectivity index (χ0n) is 13.7. The molecule has 0 unspecified atom stereocenters. The SMILES string of the molecule is Nc1ccc(OCCCCCN2C(=O)c3ccccc3C2=O)c(Cl)c1. The van der Waals surface area contributed by atoms with Crippen molar-refractivity contribution in [3.05, 3.63) is 58.6 Å². The summed E-state index contributed by atoms with van der Waals surface area (Å²) < 4.78 is 5.62. The van der Waals surface area contributed by atoms with Crippen LogP contribution in [0.2, 0.25) is 5.02 Å². The molecule has 1 aliphatic heterocycles. The van der Waals surface area contributed by atoms with Crippen molar-refractivity contribution in [3.8, 4) is 5.75 Å². The van der Waals surface area contributed by atoms with Gasteiger partial charge in [-0.05, 0) is 49.6 Å². The topological polar surface area (TPSA) is 72.6 Å². The molecule has 0 fully saturated rings. The highest BCUT2D eigenvalue weighted by atomic mass is 35.5. The number of nitrogen functional groups attached to an aromatic ring is 1. The van der Waals surface area contributed by atoms with E-state index in [1.807, 2.05) is 0 Å². The van der Waals surface area contributed by atoms with Gasteiger partial charge in [0, 0.05) is 12.2 Å². The smallest absolute Gasteiger partial charge is 0.261 e. The van der Waals surface area contributed by atoms with Crippen LogP contribution in [0.3, 0.4) is 0 Å². The molecule has 0 saturated carbocycles. The first kappa shape index (κ1) is 17.3. The van der Waals surface area contributed by atoms with E-state index in [9.17, 15) is 9.59 Å². The minimum Gasteiger partial charge on any atom is -0.492 e. The van der Waals surface area contributed by atoms with Crippen molar-refractivity contribution in [2.45, 2.75) is 19.3 Å². The maximum Gasteiger partial charge on any atom is 0.261 e. The predicted molar refractivity (Wildman–Crippen MR) is 97.0 cm³/mol. The van der Waals surface area contributed by atoms with E-state index in [4.69, 9.17) is 22.1 Å². The Balaban J connectivity index is 1.41. The fraction of sp³-hybridized carbons (Fsp3) is 0.263. The Morgan fingerprint density at radius 1 is 0.960 bits per heavy atom. The van der Waals surface area contributed by atoms with Crippen LogP contribution in [0.4, 0.5) is 5.69 Å². The number of halogens is 1. The van der Waals surface area contributed by atoms with Crippen LogP contribution in [-0.2, 0) is 0 Å². The number of benzene rings is 2. The van der Waals surface area contributed by atoms with Gasteiger partial charge in [0.1, 0.15) is 5.75 Å². The van der Waals surface area contributed by atoms with E-state index in [0.717, 1.165) is 19.3 Å². The van der Waals surface area contributed by atoms with Crippen LogP contribution in [0, 0.1) is 0 Å². The third-order valence-electron chi connectivity index (χ3n) is 4.12. The average Bonchev–Trinajstić information content (AvgIpc) is 2.84. The lowest BCUT2D eigenvalue weighted by atomic mass is 10.1. The molecule has 2 amide bonds. The van der Waals surface area contributed by atoms with Crippen molar-refractivity contribution in [2.24, 2.45) is 0 Å². The number of nitrogens with two attached hydrogens (primary N) is 1. The van der Waals surface area contributed by atoms with Gasteiger partial charge in [0.05, 0.1) is 22.8 Å². The summed E-state index contributed by atoms with van der Waals surface area (Å²) >= 11 is 6.05. The number of carbonyl (C=O) groups is 2. The summed E-state index contributed by atoms with van der Waals surface area (Å²) in [5.74, 6) is 0.201. The monoisotopic (exact) mass is 358 g/mol. The third-order valence-corrected chi connectivity index (χ3v) is 4.41. The van der Waals surface area contributed by atoms with Crippen molar-refractivity contribution in [1.82, 2.24) is 4.90 Å². The van der Waals surface area contributed by atoms with Gasteiger partial charge in [-0.2, -0.15) is 0 Å². The molecule has 2 N–H and O–H groups in total. The van der Waals surface area contributed by atoms with Gasteiger partial charge in [-0.3, -0.25) is 14.5 Å². The second-order valence-electron chi connectivity index (χ2n) is 5.91. The lowest BCUT2D eigenvalue weighted by molar-refractivity contribution is 0.0651.